The molecule has 0 bridgehead atoms. The van der Waals surface area contributed by atoms with E-state index < -0.39 is 21.2 Å². The summed E-state index contributed by atoms with van der Waals surface area (Å²) in [6.45, 7) is 0. The van der Waals surface area contributed by atoms with Crippen LogP contribution in [0.2, 0.25) is 0 Å². The molecule has 0 radical (unpaired) electrons. The van der Waals surface area contributed by atoms with Crippen molar-refractivity contribution in [1.82, 2.24) is 4.98 Å². The monoisotopic (exact) mass is 305 g/mol. The van der Waals surface area contributed by atoms with Gasteiger partial charge in [-0.05, 0) is 11.6 Å². The summed E-state index contributed by atoms with van der Waals surface area (Å²) in [6.07, 6.45) is -2.04. The number of hydrogen-bond acceptors (Lipinski definition) is 4. The quantitative estimate of drug-likeness (QED) is 0.842. The van der Waals surface area contributed by atoms with Crippen LogP contribution in [0.25, 0.3) is 0 Å². The minimum atomic E-state index is -5.08. The third-order valence-electron chi connectivity index (χ3n) is 1.30. The fourth-order valence-corrected chi connectivity index (χ4v) is 1.63. The predicted molar refractivity (Wildman–Crippen MR) is 56.4 cm³/mol. The fourth-order valence-electron chi connectivity index (χ4n) is 0.683. The van der Waals surface area contributed by atoms with Gasteiger partial charge in [0.2, 0.25) is 9.05 Å². The van der Waals surface area contributed by atoms with Crippen molar-refractivity contribution in [3.63, 3.8) is 0 Å². The van der Waals surface area contributed by atoms with Crippen LogP contribution in [0.5, 0.6) is 0 Å². The first-order chi connectivity index (χ1) is 8.02. The van der Waals surface area contributed by atoms with Crippen LogP contribution in [0.4, 0.5) is 13.2 Å². The van der Waals surface area contributed by atoms with Gasteiger partial charge in [0.05, 0.1) is 5.75 Å². The molecule has 0 aliphatic rings. The van der Waals surface area contributed by atoms with Gasteiger partial charge in [-0.15, -0.1) is 0 Å². The van der Waals surface area contributed by atoms with Crippen molar-refractivity contribution < 1.29 is 31.5 Å². The highest BCUT2D eigenvalue weighted by molar-refractivity contribution is 8.13. The van der Waals surface area contributed by atoms with Crippen molar-refractivity contribution in [1.29, 1.82) is 0 Å². The molecule has 0 atom stereocenters. The number of aromatic nitrogens is 1. The Bertz CT molecular complexity index is 489. The van der Waals surface area contributed by atoms with E-state index in [4.69, 9.17) is 20.6 Å². The highest BCUT2D eigenvalue weighted by Gasteiger charge is 2.38. The second kappa shape index (κ2) is 6.55. The molecule has 1 aromatic rings. The maximum absolute atomic E-state index is 10.6. The SMILES string of the molecule is O=C(O)C(F)(F)F.O=S(=O)(Cl)Cc1cccnc1. The van der Waals surface area contributed by atoms with E-state index in [-0.39, 0.29) is 5.75 Å². The molecule has 1 aromatic heterocycles. The number of rotatable bonds is 2. The van der Waals surface area contributed by atoms with E-state index in [9.17, 15) is 21.6 Å². The zero-order valence-corrected chi connectivity index (χ0v) is 10.1. The molecule has 0 unspecified atom stereocenters. The zero-order valence-electron chi connectivity index (χ0n) is 8.56. The Hall–Kier alpha value is -1.35. The molecule has 102 valence electrons. The van der Waals surface area contributed by atoms with Gasteiger partial charge in [-0.25, -0.2) is 13.2 Å². The summed E-state index contributed by atoms with van der Waals surface area (Å²) in [6, 6.07) is 3.32. The van der Waals surface area contributed by atoms with Crippen molar-refractivity contribution in [2.45, 2.75) is 11.9 Å². The van der Waals surface area contributed by atoms with Crippen molar-refractivity contribution in [3.05, 3.63) is 30.1 Å². The molecule has 1 heterocycles. The molecule has 5 nitrogen and oxygen atoms in total. The lowest BCUT2D eigenvalue weighted by Gasteiger charge is -1.93. The van der Waals surface area contributed by atoms with Gasteiger partial charge in [-0.2, -0.15) is 13.2 Å². The number of alkyl halides is 3. The maximum atomic E-state index is 10.6. The van der Waals surface area contributed by atoms with Gasteiger partial charge in [0.1, 0.15) is 0 Å². The van der Waals surface area contributed by atoms with Gasteiger partial charge in [0.25, 0.3) is 0 Å². The summed E-state index contributed by atoms with van der Waals surface area (Å²) in [5, 5.41) is 7.12. The Morgan fingerprint density at radius 1 is 1.44 bits per heavy atom. The molecule has 0 fully saturated rings. The van der Waals surface area contributed by atoms with Crippen LogP contribution >= 0.6 is 10.7 Å². The van der Waals surface area contributed by atoms with Crippen LogP contribution in [0.15, 0.2) is 24.5 Å². The number of pyridine rings is 1. The second-order valence-electron chi connectivity index (χ2n) is 2.85. The van der Waals surface area contributed by atoms with E-state index in [2.05, 4.69) is 4.98 Å². The minimum Gasteiger partial charge on any atom is -0.475 e. The number of aliphatic carboxylic acids is 1. The summed E-state index contributed by atoms with van der Waals surface area (Å²) in [5.41, 5.74) is 0.600. The van der Waals surface area contributed by atoms with E-state index in [1.165, 1.54) is 6.20 Å². The number of carboxylic acid groups (broad SMARTS) is 1. The van der Waals surface area contributed by atoms with Gasteiger partial charge in [-0.3, -0.25) is 4.98 Å². The lowest BCUT2D eigenvalue weighted by atomic mass is 10.3. The van der Waals surface area contributed by atoms with Crippen LogP contribution in [0, 0.1) is 0 Å². The third-order valence-corrected chi connectivity index (χ3v) is 2.31. The van der Waals surface area contributed by atoms with Crippen LogP contribution in [-0.2, 0) is 19.6 Å². The third kappa shape index (κ3) is 8.76. The van der Waals surface area contributed by atoms with Crippen molar-refractivity contribution in [2.75, 3.05) is 0 Å². The van der Waals surface area contributed by atoms with Gasteiger partial charge in [0, 0.05) is 23.1 Å². The lowest BCUT2D eigenvalue weighted by molar-refractivity contribution is -0.192. The zero-order chi connectivity index (χ0) is 14.4. The van der Waals surface area contributed by atoms with Gasteiger partial charge in [-0.1, -0.05) is 6.07 Å². The van der Waals surface area contributed by atoms with Crippen molar-refractivity contribution in [3.8, 4) is 0 Å². The maximum Gasteiger partial charge on any atom is 0.490 e. The minimum absolute atomic E-state index is 0.164. The van der Waals surface area contributed by atoms with Gasteiger partial charge >= 0.3 is 12.1 Å². The normalized spacial score (nSPS) is 11.3. The fraction of sp³-hybridized carbons (Fsp3) is 0.250. The second-order valence-corrected chi connectivity index (χ2v) is 5.62. The van der Waals surface area contributed by atoms with Crippen LogP contribution < -0.4 is 0 Å². The Morgan fingerprint density at radius 3 is 2.22 bits per heavy atom. The first-order valence-electron chi connectivity index (χ1n) is 4.13. The summed E-state index contributed by atoms with van der Waals surface area (Å²) >= 11 is 0. The Kier molecular flexibility index (Phi) is 6.06. The standard InChI is InChI=1S/C6H6ClNO2S.C2HF3O2/c7-11(9,10)5-6-2-1-3-8-4-6;3-2(4,5)1(6)7/h1-4H,5H2;(H,6,7). The number of nitrogens with zero attached hydrogens (tertiary/aromatic N) is 1. The molecule has 18 heavy (non-hydrogen) atoms. The molecule has 1 rings (SSSR count). The molecule has 0 aliphatic carbocycles. The molecular weight excluding hydrogens is 299 g/mol. The van der Waals surface area contributed by atoms with E-state index in [1.54, 1.807) is 18.3 Å². The lowest BCUT2D eigenvalue weighted by Crippen LogP contribution is -2.21. The summed E-state index contributed by atoms with van der Waals surface area (Å²) in [5.74, 6) is -2.92. The largest absolute Gasteiger partial charge is 0.490 e. The molecule has 0 aliphatic heterocycles. The molecule has 10 heteroatoms. The highest BCUT2D eigenvalue weighted by atomic mass is 35.7. The summed E-state index contributed by atoms with van der Waals surface area (Å²) < 4.78 is 52.8. The van der Waals surface area contributed by atoms with Crippen LogP contribution in [0.3, 0.4) is 0 Å². The summed E-state index contributed by atoms with van der Waals surface area (Å²) in [4.78, 5) is 12.6. The molecular formula is C8H7ClF3NO4S. The number of halogens is 4. The topological polar surface area (TPSA) is 84.3 Å². The molecule has 0 spiro atoms. The molecule has 0 aromatic carbocycles. The van der Waals surface area contributed by atoms with Crippen molar-refractivity contribution >= 4 is 25.7 Å². The van der Waals surface area contributed by atoms with Crippen LogP contribution in [-0.4, -0.2) is 30.7 Å². The number of hydrogen-bond donors (Lipinski definition) is 1. The molecule has 0 saturated heterocycles. The average Bonchev–Trinajstić information content (AvgIpc) is 2.15. The highest BCUT2D eigenvalue weighted by Crippen LogP contribution is 2.13. The van der Waals surface area contributed by atoms with E-state index in [1.807, 2.05) is 0 Å². The first kappa shape index (κ1) is 16.6. The average molecular weight is 306 g/mol. The van der Waals surface area contributed by atoms with Crippen LogP contribution in [0.1, 0.15) is 5.56 Å². The predicted octanol–water partition coefficient (Wildman–Crippen LogP) is 1.78. The Labute approximate surface area is 105 Å². The first-order valence-corrected chi connectivity index (χ1v) is 6.61. The Balaban J connectivity index is 0.000000360. The Morgan fingerprint density at radius 2 is 1.94 bits per heavy atom. The molecule has 1 N–H and O–H groups in total. The summed E-state index contributed by atoms with van der Waals surface area (Å²) in [7, 11) is 1.57. The van der Waals surface area contributed by atoms with Gasteiger partial charge < -0.3 is 5.11 Å². The molecule has 0 amide bonds. The van der Waals surface area contributed by atoms with Crippen molar-refractivity contribution in [2.24, 2.45) is 0 Å². The van der Waals surface area contributed by atoms with E-state index in [0.29, 0.717) is 5.56 Å². The number of carbonyl (C=O) groups is 1. The van der Waals surface area contributed by atoms with E-state index >= 15 is 0 Å². The number of carboxylic acids is 1. The van der Waals surface area contributed by atoms with Gasteiger partial charge in [0.15, 0.2) is 0 Å². The smallest absolute Gasteiger partial charge is 0.475 e. The molecule has 0 saturated carbocycles. The van der Waals surface area contributed by atoms with E-state index in [0.717, 1.165) is 0 Å².